The van der Waals surface area contributed by atoms with Gasteiger partial charge in [0.15, 0.2) is 0 Å². The minimum absolute atomic E-state index is 0.0642. The second-order valence-corrected chi connectivity index (χ2v) is 6.93. The maximum atomic E-state index is 11.8. The molecule has 0 atom stereocenters. The molecule has 2 aliphatic rings. The summed E-state index contributed by atoms with van der Waals surface area (Å²) in [6, 6.07) is 9.04. The predicted octanol–water partition coefficient (Wildman–Crippen LogP) is 3.17. The Morgan fingerprint density at radius 3 is 2.25 bits per heavy atom. The van der Waals surface area contributed by atoms with Crippen molar-refractivity contribution in [3.63, 3.8) is 0 Å². The number of benzene rings is 1. The average Bonchev–Trinajstić information content (AvgIpc) is 2.58. The highest BCUT2D eigenvalue weighted by Crippen LogP contribution is 2.32. The average molecular weight is 332 g/mol. The quantitative estimate of drug-likeness (QED) is 0.860. The molecule has 24 heavy (non-hydrogen) atoms. The molecule has 0 saturated carbocycles. The molecule has 1 aromatic rings. The smallest absolute Gasteiger partial charge is 0.311 e. The van der Waals surface area contributed by atoms with Gasteiger partial charge in [0.2, 0.25) is 0 Å². The summed E-state index contributed by atoms with van der Waals surface area (Å²) in [5.74, 6) is 0.635. The summed E-state index contributed by atoms with van der Waals surface area (Å²) in [4.78, 5) is 14.3. The van der Waals surface area contributed by atoms with Crippen LogP contribution in [0.4, 0.5) is 0 Å². The van der Waals surface area contributed by atoms with Crippen LogP contribution in [0.5, 0.6) is 0 Å². The third-order valence-electron chi connectivity index (χ3n) is 5.28. The zero-order valence-electron chi connectivity index (χ0n) is 15.6. The number of ether oxygens (including phenoxy) is 1. The largest absolute Gasteiger partial charge is 0.469 e. The Morgan fingerprint density at radius 2 is 1.79 bits per heavy atom. The Hall–Kier alpha value is -1.39. The summed E-state index contributed by atoms with van der Waals surface area (Å²) in [5.41, 5.74) is 2.50. The number of carbonyl (C=O) groups excluding carboxylic acids is 1. The number of methoxy groups -OCH3 is 1. The minimum atomic E-state index is -0.299. The molecule has 4 heteroatoms. The van der Waals surface area contributed by atoms with Gasteiger partial charge in [-0.2, -0.15) is 0 Å². The van der Waals surface area contributed by atoms with E-state index in [0.29, 0.717) is 5.92 Å². The van der Waals surface area contributed by atoms with Crippen LogP contribution in [0, 0.1) is 5.41 Å². The number of rotatable bonds is 4. The van der Waals surface area contributed by atoms with Gasteiger partial charge in [0.1, 0.15) is 0 Å². The molecule has 3 rings (SSSR count). The third kappa shape index (κ3) is 4.37. The van der Waals surface area contributed by atoms with Crippen LogP contribution in [-0.2, 0) is 16.1 Å². The number of carbonyl (C=O) groups is 1. The monoisotopic (exact) mass is 332 g/mol. The van der Waals surface area contributed by atoms with Gasteiger partial charge in [0, 0.05) is 25.6 Å². The standard InChI is InChI=1S/C18H26N2O2.C2H6/c1-18(17(21)22-2)7-9-20(10-8-18)13-14-3-5-15(6-4-14)16-11-19-12-16;1-2/h3-6,16,19H,7-13H2,1-2H3;1-2H3. The highest BCUT2D eigenvalue weighted by Gasteiger charge is 2.37. The molecule has 2 saturated heterocycles. The Morgan fingerprint density at radius 1 is 1.21 bits per heavy atom. The van der Waals surface area contributed by atoms with Gasteiger partial charge in [-0.25, -0.2) is 0 Å². The number of nitrogens with zero attached hydrogens (tertiary/aromatic N) is 1. The van der Waals surface area contributed by atoms with Crippen molar-refractivity contribution in [2.45, 2.75) is 46.1 Å². The first-order valence-electron chi connectivity index (χ1n) is 9.21. The molecule has 0 bridgehead atoms. The van der Waals surface area contributed by atoms with Crippen molar-refractivity contribution in [1.29, 1.82) is 0 Å². The molecular weight excluding hydrogens is 300 g/mol. The van der Waals surface area contributed by atoms with E-state index in [4.69, 9.17) is 4.74 Å². The highest BCUT2D eigenvalue weighted by molar-refractivity contribution is 5.76. The molecule has 0 unspecified atom stereocenters. The lowest BCUT2D eigenvalue weighted by Gasteiger charge is -2.37. The van der Waals surface area contributed by atoms with Crippen LogP contribution >= 0.6 is 0 Å². The van der Waals surface area contributed by atoms with Crippen LogP contribution in [0.1, 0.15) is 50.7 Å². The van der Waals surface area contributed by atoms with E-state index in [2.05, 4.69) is 34.5 Å². The maximum Gasteiger partial charge on any atom is 0.311 e. The zero-order valence-corrected chi connectivity index (χ0v) is 15.6. The zero-order chi connectivity index (χ0) is 17.6. The molecule has 0 aliphatic carbocycles. The lowest BCUT2D eigenvalue weighted by atomic mass is 9.80. The molecular formula is C20H32N2O2. The topological polar surface area (TPSA) is 41.6 Å². The van der Waals surface area contributed by atoms with E-state index in [1.807, 2.05) is 20.8 Å². The fourth-order valence-electron chi connectivity index (χ4n) is 3.33. The Balaban J connectivity index is 0.00000100. The molecule has 2 heterocycles. The van der Waals surface area contributed by atoms with Crippen molar-refractivity contribution in [3.8, 4) is 0 Å². The molecule has 0 spiro atoms. The van der Waals surface area contributed by atoms with Crippen molar-refractivity contribution < 1.29 is 9.53 Å². The fraction of sp³-hybridized carbons (Fsp3) is 0.650. The molecule has 2 fully saturated rings. The van der Waals surface area contributed by atoms with E-state index in [1.165, 1.54) is 18.2 Å². The van der Waals surface area contributed by atoms with E-state index in [1.54, 1.807) is 0 Å². The van der Waals surface area contributed by atoms with Crippen molar-refractivity contribution in [3.05, 3.63) is 35.4 Å². The molecule has 0 aromatic heterocycles. The van der Waals surface area contributed by atoms with Crippen molar-refractivity contribution >= 4 is 5.97 Å². The molecule has 134 valence electrons. The fourth-order valence-corrected chi connectivity index (χ4v) is 3.33. The van der Waals surface area contributed by atoms with Crippen LogP contribution in [0.15, 0.2) is 24.3 Å². The molecule has 0 amide bonds. The normalized spacial score (nSPS) is 20.5. The van der Waals surface area contributed by atoms with E-state index in [-0.39, 0.29) is 11.4 Å². The van der Waals surface area contributed by atoms with Crippen molar-refractivity contribution in [2.75, 3.05) is 33.3 Å². The lowest BCUT2D eigenvalue weighted by Crippen LogP contribution is -2.42. The van der Waals surface area contributed by atoms with E-state index < -0.39 is 0 Å². The number of piperidine rings is 1. The molecule has 1 N–H and O–H groups in total. The molecule has 0 radical (unpaired) electrons. The predicted molar refractivity (Wildman–Crippen MR) is 98.0 cm³/mol. The number of likely N-dealkylation sites (tertiary alicyclic amines) is 1. The second kappa shape index (κ2) is 8.63. The first-order valence-corrected chi connectivity index (χ1v) is 9.21. The Kier molecular flexibility index (Phi) is 6.81. The summed E-state index contributed by atoms with van der Waals surface area (Å²) in [5, 5.41) is 3.32. The van der Waals surface area contributed by atoms with Crippen LogP contribution in [0.2, 0.25) is 0 Å². The maximum absolute atomic E-state index is 11.8. The summed E-state index contributed by atoms with van der Waals surface area (Å²) >= 11 is 0. The first kappa shape index (κ1) is 18.9. The van der Waals surface area contributed by atoms with Gasteiger partial charge in [0.25, 0.3) is 0 Å². The van der Waals surface area contributed by atoms with Crippen LogP contribution < -0.4 is 5.32 Å². The van der Waals surface area contributed by atoms with Crippen LogP contribution in [-0.4, -0.2) is 44.2 Å². The van der Waals surface area contributed by atoms with Crippen molar-refractivity contribution in [1.82, 2.24) is 10.2 Å². The summed E-state index contributed by atoms with van der Waals surface area (Å²) < 4.78 is 4.94. The Bertz CT molecular complexity index is 515. The van der Waals surface area contributed by atoms with Gasteiger partial charge in [-0.3, -0.25) is 9.69 Å². The SMILES string of the molecule is CC.COC(=O)C1(C)CCN(Cc2ccc(C3CNC3)cc2)CC1. The van der Waals surface area contributed by atoms with Crippen molar-refractivity contribution in [2.24, 2.45) is 5.41 Å². The van der Waals surface area contributed by atoms with Gasteiger partial charge in [-0.05, 0) is 44.0 Å². The van der Waals surface area contributed by atoms with E-state index >= 15 is 0 Å². The second-order valence-electron chi connectivity index (χ2n) is 6.93. The van der Waals surface area contributed by atoms with Crippen LogP contribution in [0.25, 0.3) is 0 Å². The minimum Gasteiger partial charge on any atom is -0.469 e. The highest BCUT2D eigenvalue weighted by atomic mass is 16.5. The molecule has 2 aliphatic heterocycles. The van der Waals surface area contributed by atoms with Crippen LogP contribution in [0.3, 0.4) is 0 Å². The summed E-state index contributed by atoms with van der Waals surface area (Å²) in [7, 11) is 1.49. The number of esters is 1. The number of hydrogen-bond donors (Lipinski definition) is 1. The lowest BCUT2D eigenvalue weighted by molar-refractivity contribution is -0.154. The van der Waals surface area contributed by atoms with Gasteiger partial charge < -0.3 is 10.1 Å². The first-order chi connectivity index (χ1) is 11.6. The van der Waals surface area contributed by atoms with Gasteiger partial charge in [0.05, 0.1) is 12.5 Å². The molecule has 4 nitrogen and oxygen atoms in total. The van der Waals surface area contributed by atoms with E-state index in [9.17, 15) is 4.79 Å². The molecule has 1 aromatic carbocycles. The van der Waals surface area contributed by atoms with E-state index in [0.717, 1.165) is 45.6 Å². The van der Waals surface area contributed by atoms with Gasteiger partial charge in [-0.1, -0.05) is 38.1 Å². The number of nitrogens with one attached hydrogen (secondary N) is 1. The summed E-state index contributed by atoms with van der Waals surface area (Å²) in [6.07, 6.45) is 1.76. The number of hydrogen-bond acceptors (Lipinski definition) is 4. The summed E-state index contributed by atoms with van der Waals surface area (Å²) in [6.45, 7) is 11.1. The third-order valence-corrected chi connectivity index (χ3v) is 5.28. The Labute approximate surface area is 146 Å². The van der Waals surface area contributed by atoms with Gasteiger partial charge in [-0.15, -0.1) is 0 Å². The van der Waals surface area contributed by atoms with Gasteiger partial charge >= 0.3 is 5.97 Å².